The molecule has 2 aliphatic rings. The number of phenols is 1. The Hall–Kier alpha value is -2.12. The lowest BCUT2D eigenvalue weighted by Crippen LogP contribution is -2.44. The van der Waals surface area contributed by atoms with E-state index in [-0.39, 0.29) is 11.8 Å². The van der Waals surface area contributed by atoms with Crippen LogP contribution in [0.1, 0.15) is 63.5 Å². The Morgan fingerprint density at radius 3 is 2.11 bits per heavy atom. The van der Waals surface area contributed by atoms with Gasteiger partial charge in [-0.2, -0.15) is 0 Å². The number of hydrogen-bond donors (Lipinski definition) is 5. The van der Waals surface area contributed by atoms with Crippen molar-refractivity contribution < 1.29 is 30.0 Å². The Bertz CT molecular complexity index is 635. The Morgan fingerprint density at radius 2 is 1.54 bits per heavy atom. The average molecular weight is 393 g/mol. The van der Waals surface area contributed by atoms with Gasteiger partial charge in [0.2, 0.25) is 0 Å². The van der Waals surface area contributed by atoms with Crippen LogP contribution in [0.3, 0.4) is 0 Å². The quantitative estimate of drug-likeness (QED) is 0.498. The number of aliphatic hydroxyl groups is 1. The first-order valence-corrected chi connectivity index (χ1v) is 9.97. The zero-order valence-corrected chi connectivity index (χ0v) is 16.3. The number of benzene rings is 1. The van der Waals surface area contributed by atoms with E-state index in [4.69, 9.17) is 19.8 Å². The summed E-state index contributed by atoms with van der Waals surface area (Å²) in [6.45, 7) is 2.06. The maximum atomic E-state index is 10.5. The smallest absolute Gasteiger partial charge is 0.414 e. The summed E-state index contributed by atoms with van der Waals surface area (Å²) in [5.74, 6) is -1.54. The van der Waals surface area contributed by atoms with Gasteiger partial charge in [0.15, 0.2) is 0 Å². The fraction of sp³-hybridized carbons (Fsp3) is 0.619. The summed E-state index contributed by atoms with van der Waals surface area (Å²) >= 11 is 0. The molecule has 5 unspecified atom stereocenters. The molecule has 5 N–H and O–H groups in total. The number of carboxylic acid groups (broad SMARTS) is 2. The SMILES string of the molecule is CC(NC1CCC2CCCCC2C1)C(O)c1ccc(O)cc1.O=C(O)C(=O)O. The van der Waals surface area contributed by atoms with Crippen LogP contribution in [0.4, 0.5) is 0 Å². The molecule has 7 heteroatoms. The van der Waals surface area contributed by atoms with Crippen LogP contribution >= 0.6 is 0 Å². The number of hydrogen-bond acceptors (Lipinski definition) is 5. The first-order chi connectivity index (χ1) is 13.3. The second-order valence-electron chi connectivity index (χ2n) is 7.92. The van der Waals surface area contributed by atoms with Crippen LogP contribution in [0, 0.1) is 11.8 Å². The fourth-order valence-corrected chi connectivity index (χ4v) is 4.45. The summed E-state index contributed by atoms with van der Waals surface area (Å²) < 4.78 is 0. The normalized spacial score (nSPS) is 26.1. The van der Waals surface area contributed by atoms with Gasteiger partial charge in [0.1, 0.15) is 5.75 Å². The zero-order valence-electron chi connectivity index (χ0n) is 16.3. The molecule has 1 aromatic carbocycles. The van der Waals surface area contributed by atoms with Crippen LogP contribution in [0.5, 0.6) is 5.75 Å². The van der Waals surface area contributed by atoms with Gasteiger partial charge >= 0.3 is 11.9 Å². The third kappa shape index (κ3) is 6.49. The van der Waals surface area contributed by atoms with E-state index in [9.17, 15) is 10.2 Å². The lowest BCUT2D eigenvalue weighted by molar-refractivity contribution is -0.159. The van der Waals surface area contributed by atoms with Crippen molar-refractivity contribution in [3.8, 4) is 5.75 Å². The third-order valence-electron chi connectivity index (χ3n) is 5.93. The minimum Gasteiger partial charge on any atom is -0.508 e. The van der Waals surface area contributed by atoms with Gasteiger partial charge in [0.25, 0.3) is 0 Å². The van der Waals surface area contributed by atoms with Gasteiger partial charge in [0, 0.05) is 12.1 Å². The van der Waals surface area contributed by atoms with Gasteiger partial charge in [-0.05, 0) is 55.7 Å². The molecule has 156 valence electrons. The third-order valence-corrected chi connectivity index (χ3v) is 5.93. The number of rotatable bonds is 4. The standard InChI is InChI=1S/C19H29NO2.C2H2O4/c1-13(19(22)15-7-10-18(21)11-8-15)20-17-9-6-14-4-2-3-5-16(14)12-17;3-1(4)2(5)6/h7-8,10-11,13-14,16-17,19-22H,2-6,9,12H2,1H3;(H,3,4)(H,5,6). The first kappa shape index (κ1) is 22.2. The molecule has 2 aliphatic carbocycles. The van der Waals surface area contributed by atoms with Crippen molar-refractivity contribution in [2.45, 2.75) is 70.1 Å². The highest BCUT2D eigenvalue weighted by atomic mass is 16.4. The molecule has 0 spiro atoms. The molecule has 3 rings (SSSR count). The summed E-state index contributed by atoms with van der Waals surface area (Å²) in [7, 11) is 0. The van der Waals surface area contributed by atoms with E-state index in [2.05, 4.69) is 12.2 Å². The number of aliphatic hydroxyl groups excluding tert-OH is 1. The Morgan fingerprint density at radius 1 is 0.964 bits per heavy atom. The minimum absolute atomic E-state index is 0.0367. The van der Waals surface area contributed by atoms with Gasteiger partial charge < -0.3 is 25.7 Å². The van der Waals surface area contributed by atoms with Crippen molar-refractivity contribution in [1.29, 1.82) is 0 Å². The van der Waals surface area contributed by atoms with Gasteiger partial charge in [-0.1, -0.05) is 37.8 Å². The highest BCUT2D eigenvalue weighted by Gasteiger charge is 2.33. The van der Waals surface area contributed by atoms with Crippen LogP contribution in [-0.2, 0) is 9.59 Å². The summed E-state index contributed by atoms with van der Waals surface area (Å²) in [5, 5.41) is 38.3. The van der Waals surface area contributed by atoms with Crippen molar-refractivity contribution in [3.05, 3.63) is 29.8 Å². The molecule has 0 radical (unpaired) electrons. The number of fused-ring (bicyclic) bond motifs is 1. The van der Waals surface area contributed by atoms with E-state index >= 15 is 0 Å². The zero-order chi connectivity index (χ0) is 20.7. The van der Waals surface area contributed by atoms with Crippen molar-refractivity contribution in [1.82, 2.24) is 5.32 Å². The lowest BCUT2D eigenvalue weighted by atomic mass is 9.69. The monoisotopic (exact) mass is 393 g/mol. The molecular formula is C21H31NO6. The molecule has 0 bridgehead atoms. The number of nitrogens with one attached hydrogen (secondary N) is 1. The molecule has 0 aromatic heterocycles. The molecule has 5 atom stereocenters. The van der Waals surface area contributed by atoms with Crippen LogP contribution in [0.15, 0.2) is 24.3 Å². The molecule has 0 aliphatic heterocycles. The predicted octanol–water partition coefficient (Wildman–Crippen LogP) is 2.92. The first-order valence-electron chi connectivity index (χ1n) is 9.97. The molecule has 2 saturated carbocycles. The molecule has 0 amide bonds. The van der Waals surface area contributed by atoms with Crippen LogP contribution in [0.2, 0.25) is 0 Å². The summed E-state index contributed by atoms with van der Waals surface area (Å²) in [6, 6.07) is 7.46. The Labute approximate surface area is 165 Å². The van der Waals surface area contributed by atoms with E-state index < -0.39 is 18.0 Å². The van der Waals surface area contributed by atoms with E-state index in [1.54, 1.807) is 24.3 Å². The van der Waals surface area contributed by atoms with E-state index in [1.165, 1.54) is 44.9 Å². The average Bonchev–Trinajstić information content (AvgIpc) is 2.68. The van der Waals surface area contributed by atoms with Crippen molar-refractivity contribution in [2.24, 2.45) is 11.8 Å². The van der Waals surface area contributed by atoms with Crippen LogP contribution in [-0.4, -0.2) is 44.4 Å². The van der Waals surface area contributed by atoms with Crippen molar-refractivity contribution in [2.75, 3.05) is 0 Å². The van der Waals surface area contributed by atoms with Crippen molar-refractivity contribution >= 4 is 11.9 Å². The summed E-state index contributed by atoms with van der Waals surface area (Å²) in [6.07, 6.45) is 9.01. The number of carboxylic acids is 2. The van der Waals surface area contributed by atoms with E-state index in [0.717, 1.165) is 17.4 Å². The molecular weight excluding hydrogens is 362 g/mol. The van der Waals surface area contributed by atoms with Gasteiger partial charge in [-0.3, -0.25) is 0 Å². The highest BCUT2D eigenvalue weighted by Crippen LogP contribution is 2.40. The van der Waals surface area contributed by atoms with Gasteiger partial charge in [-0.15, -0.1) is 0 Å². The Kier molecular flexibility index (Phi) is 8.26. The summed E-state index contributed by atoms with van der Waals surface area (Å²) in [4.78, 5) is 18.2. The molecule has 28 heavy (non-hydrogen) atoms. The number of carbonyl (C=O) groups is 2. The van der Waals surface area contributed by atoms with Crippen LogP contribution in [0.25, 0.3) is 0 Å². The van der Waals surface area contributed by atoms with E-state index in [1.807, 2.05) is 0 Å². The molecule has 0 saturated heterocycles. The van der Waals surface area contributed by atoms with E-state index in [0.29, 0.717) is 6.04 Å². The maximum Gasteiger partial charge on any atom is 0.414 e. The largest absolute Gasteiger partial charge is 0.508 e. The Balaban J connectivity index is 0.000000409. The lowest BCUT2D eigenvalue weighted by Gasteiger charge is -2.41. The maximum absolute atomic E-state index is 10.5. The predicted molar refractivity (Wildman–Crippen MR) is 104 cm³/mol. The van der Waals surface area contributed by atoms with Crippen molar-refractivity contribution in [3.63, 3.8) is 0 Å². The van der Waals surface area contributed by atoms with Crippen LogP contribution < -0.4 is 5.32 Å². The molecule has 0 heterocycles. The highest BCUT2D eigenvalue weighted by molar-refractivity contribution is 6.27. The molecule has 1 aromatic rings. The fourth-order valence-electron chi connectivity index (χ4n) is 4.45. The molecule has 2 fully saturated rings. The minimum atomic E-state index is -1.82. The summed E-state index contributed by atoms with van der Waals surface area (Å²) in [5.41, 5.74) is 0.865. The number of phenolic OH excluding ortho intramolecular Hbond substituents is 1. The topological polar surface area (TPSA) is 127 Å². The molecule has 7 nitrogen and oxygen atoms in total. The second kappa shape index (κ2) is 10.4. The second-order valence-corrected chi connectivity index (χ2v) is 7.92. The number of aliphatic carboxylic acids is 2. The van der Waals surface area contributed by atoms with Gasteiger partial charge in [0.05, 0.1) is 6.10 Å². The number of aromatic hydroxyl groups is 1. The van der Waals surface area contributed by atoms with Gasteiger partial charge in [-0.25, -0.2) is 9.59 Å².